The number of hydrogen-bond donors (Lipinski definition) is 2. The fourth-order valence-corrected chi connectivity index (χ4v) is 3.49. The zero-order valence-electron chi connectivity index (χ0n) is 10.5. The van der Waals surface area contributed by atoms with Gasteiger partial charge in [0.05, 0.1) is 12.2 Å². The summed E-state index contributed by atoms with van der Waals surface area (Å²) in [6.07, 6.45) is 0. The molecule has 3 N–H and O–H groups in total. The number of anilines is 1. The van der Waals surface area contributed by atoms with E-state index in [1.165, 1.54) is 24.3 Å². The highest BCUT2D eigenvalue weighted by Gasteiger charge is 2.21. The number of rotatable bonds is 4. The molecule has 0 spiro atoms. The van der Waals surface area contributed by atoms with E-state index in [4.69, 9.17) is 33.4 Å². The maximum Gasteiger partial charge on any atom is 0.265 e. The largest absolute Gasteiger partial charge is 0.464 e. The second-order valence-corrected chi connectivity index (χ2v) is 6.62. The Labute approximate surface area is 126 Å². The first-order chi connectivity index (χ1) is 9.31. The SMILES string of the molecule is Cc1oc(CN)cc1S(=O)(=O)Nc1cc(Cl)cc(Cl)c1. The molecule has 0 amide bonds. The number of nitrogens with one attached hydrogen (secondary N) is 1. The number of benzene rings is 1. The molecule has 0 fully saturated rings. The van der Waals surface area contributed by atoms with E-state index in [0.29, 0.717) is 15.8 Å². The van der Waals surface area contributed by atoms with E-state index in [0.717, 1.165) is 0 Å². The van der Waals surface area contributed by atoms with Crippen LogP contribution in [0.3, 0.4) is 0 Å². The van der Waals surface area contributed by atoms with Gasteiger partial charge in [0.25, 0.3) is 10.0 Å². The van der Waals surface area contributed by atoms with Crippen molar-refractivity contribution >= 4 is 38.9 Å². The van der Waals surface area contributed by atoms with Gasteiger partial charge in [0.1, 0.15) is 16.4 Å². The minimum atomic E-state index is -3.78. The molecule has 108 valence electrons. The lowest BCUT2D eigenvalue weighted by Crippen LogP contribution is -2.13. The first-order valence-electron chi connectivity index (χ1n) is 5.60. The number of furan rings is 1. The second kappa shape index (κ2) is 5.65. The summed E-state index contributed by atoms with van der Waals surface area (Å²) in [5, 5.41) is 0.670. The summed E-state index contributed by atoms with van der Waals surface area (Å²) in [4.78, 5) is 0.0362. The Kier molecular flexibility index (Phi) is 4.29. The Bertz CT molecular complexity index is 721. The normalized spacial score (nSPS) is 11.6. The summed E-state index contributed by atoms with van der Waals surface area (Å²) in [5.74, 6) is 0.665. The maximum absolute atomic E-state index is 12.3. The topological polar surface area (TPSA) is 85.3 Å². The molecule has 0 saturated heterocycles. The lowest BCUT2D eigenvalue weighted by atomic mass is 10.3. The van der Waals surface area contributed by atoms with Crippen LogP contribution < -0.4 is 10.5 Å². The van der Waals surface area contributed by atoms with Crippen LogP contribution in [-0.4, -0.2) is 8.42 Å². The lowest BCUT2D eigenvalue weighted by Gasteiger charge is -2.07. The van der Waals surface area contributed by atoms with Crippen molar-refractivity contribution in [2.24, 2.45) is 5.73 Å². The summed E-state index contributed by atoms with van der Waals surface area (Å²) in [7, 11) is -3.78. The summed E-state index contributed by atoms with van der Waals surface area (Å²) in [5.41, 5.74) is 5.70. The van der Waals surface area contributed by atoms with E-state index in [1.54, 1.807) is 6.92 Å². The Hall–Kier alpha value is -1.21. The zero-order valence-corrected chi connectivity index (χ0v) is 12.8. The standard InChI is InChI=1S/C12H12Cl2N2O3S/c1-7-12(5-11(6-15)19-7)20(17,18)16-10-3-8(13)2-9(14)4-10/h2-5,16H,6,15H2,1H3. The first-order valence-corrected chi connectivity index (χ1v) is 7.84. The predicted molar refractivity (Wildman–Crippen MR) is 78.6 cm³/mol. The number of aryl methyl sites for hydroxylation is 1. The van der Waals surface area contributed by atoms with Crippen LogP contribution in [0.25, 0.3) is 0 Å². The third-order valence-electron chi connectivity index (χ3n) is 2.53. The molecule has 0 aliphatic heterocycles. The highest BCUT2D eigenvalue weighted by molar-refractivity contribution is 7.92. The smallest absolute Gasteiger partial charge is 0.265 e. The highest BCUT2D eigenvalue weighted by Crippen LogP contribution is 2.26. The molecule has 5 nitrogen and oxygen atoms in total. The number of sulfonamides is 1. The van der Waals surface area contributed by atoms with E-state index in [9.17, 15) is 8.42 Å². The van der Waals surface area contributed by atoms with Gasteiger partial charge >= 0.3 is 0 Å². The van der Waals surface area contributed by atoms with Crippen molar-refractivity contribution in [3.05, 3.63) is 45.8 Å². The molecule has 0 aliphatic rings. The van der Waals surface area contributed by atoms with Crippen LogP contribution in [0.5, 0.6) is 0 Å². The fourth-order valence-electron chi connectivity index (χ4n) is 1.71. The number of nitrogens with two attached hydrogens (primary N) is 1. The third kappa shape index (κ3) is 3.27. The Morgan fingerprint density at radius 1 is 1.20 bits per heavy atom. The van der Waals surface area contributed by atoms with E-state index in [1.807, 2.05) is 0 Å². The Morgan fingerprint density at radius 2 is 1.80 bits per heavy atom. The highest BCUT2D eigenvalue weighted by atomic mass is 35.5. The minimum absolute atomic E-state index is 0.0362. The molecule has 2 rings (SSSR count). The van der Waals surface area contributed by atoms with E-state index < -0.39 is 10.0 Å². The van der Waals surface area contributed by atoms with Crippen LogP contribution in [0.2, 0.25) is 10.0 Å². The quantitative estimate of drug-likeness (QED) is 0.899. The average Bonchev–Trinajstić information content (AvgIpc) is 2.69. The molecule has 20 heavy (non-hydrogen) atoms. The molecule has 0 saturated carbocycles. The lowest BCUT2D eigenvalue weighted by molar-refractivity contribution is 0.479. The molecule has 1 heterocycles. The van der Waals surface area contributed by atoms with Gasteiger partial charge in [-0.15, -0.1) is 0 Å². The molecule has 0 aliphatic carbocycles. The van der Waals surface area contributed by atoms with Gasteiger partial charge in [-0.05, 0) is 25.1 Å². The second-order valence-electron chi connectivity index (χ2n) is 4.10. The van der Waals surface area contributed by atoms with Crippen LogP contribution in [0.1, 0.15) is 11.5 Å². The van der Waals surface area contributed by atoms with Crippen molar-refractivity contribution in [2.45, 2.75) is 18.4 Å². The average molecular weight is 335 g/mol. The van der Waals surface area contributed by atoms with Gasteiger partial charge < -0.3 is 10.2 Å². The molecule has 0 radical (unpaired) electrons. The van der Waals surface area contributed by atoms with Gasteiger partial charge in [-0.3, -0.25) is 4.72 Å². The molecule has 1 aromatic carbocycles. The van der Waals surface area contributed by atoms with Crippen molar-refractivity contribution in [3.63, 3.8) is 0 Å². The van der Waals surface area contributed by atoms with Gasteiger partial charge in [0.2, 0.25) is 0 Å². The monoisotopic (exact) mass is 334 g/mol. The summed E-state index contributed by atoms with van der Waals surface area (Å²) < 4.78 is 32.2. The zero-order chi connectivity index (χ0) is 14.9. The summed E-state index contributed by atoms with van der Waals surface area (Å²) in [6.45, 7) is 1.68. The van der Waals surface area contributed by atoms with Crippen molar-refractivity contribution in [1.29, 1.82) is 0 Å². The van der Waals surface area contributed by atoms with Crippen molar-refractivity contribution in [2.75, 3.05) is 4.72 Å². The van der Waals surface area contributed by atoms with Gasteiger partial charge in [-0.25, -0.2) is 8.42 Å². The first kappa shape index (κ1) is 15.2. The molecular weight excluding hydrogens is 323 g/mol. The molecule has 0 unspecified atom stereocenters. The van der Waals surface area contributed by atoms with Crippen LogP contribution in [0.15, 0.2) is 33.6 Å². The molecule has 2 aromatic rings. The minimum Gasteiger partial charge on any atom is -0.464 e. The predicted octanol–water partition coefficient (Wildman–Crippen LogP) is 3.15. The molecule has 1 aromatic heterocycles. The van der Waals surface area contributed by atoms with Crippen LogP contribution in [0, 0.1) is 6.92 Å². The van der Waals surface area contributed by atoms with Crippen LogP contribution >= 0.6 is 23.2 Å². The molecule has 0 bridgehead atoms. The van der Waals surface area contributed by atoms with Gasteiger partial charge in [0.15, 0.2) is 0 Å². The molecule has 0 atom stereocenters. The number of hydrogen-bond acceptors (Lipinski definition) is 4. The van der Waals surface area contributed by atoms with Crippen LogP contribution in [0.4, 0.5) is 5.69 Å². The van der Waals surface area contributed by atoms with Gasteiger partial charge in [-0.1, -0.05) is 23.2 Å². The summed E-state index contributed by atoms with van der Waals surface area (Å²) in [6, 6.07) is 5.83. The number of halogens is 2. The fraction of sp³-hybridized carbons (Fsp3) is 0.167. The summed E-state index contributed by atoms with van der Waals surface area (Å²) >= 11 is 11.7. The molecular formula is C12H12Cl2N2O3S. The Balaban J connectivity index is 2.37. The Morgan fingerprint density at radius 3 is 2.30 bits per heavy atom. The van der Waals surface area contributed by atoms with Gasteiger partial charge in [0, 0.05) is 16.1 Å². The van der Waals surface area contributed by atoms with Crippen molar-refractivity contribution < 1.29 is 12.8 Å². The van der Waals surface area contributed by atoms with E-state index >= 15 is 0 Å². The van der Waals surface area contributed by atoms with Crippen LogP contribution in [-0.2, 0) is 16.6 Å². The molecule has 8 heteroatoms. The van der Waals surface area contributed by atoms with Gasteiger partial charge in [-0.2, -0.15) is 0 Å². The van der Waals surface area contributed by atoms with Crippen molar-refractivity contribution in [3.8, 4) is 0 Å². The van der Waals surface area contributed by atoms with E-state index in [-0.39, 0.29) is 22.9 Å². The van der Waals surface area contributed by atoms with E-state index in [2.05, 4.69) is 4.72 Å². The maximum atomic E-state index is 12.3. The third-order valence-corrected chi connectivity index (χ3v) is 4.45. The van der Waals surface area contributed by atoms with Crippen molar-refractivity contribution in [1.82, 2.24) is 0 Å².